The van der Waals surface area contributed by atoms with E-state index in [1.807, 2.05) is 0 Å². The normalized spacial score (nSPS) is 10.4. The quantitative estimate of drug-likeness (QED) is 0.795. The molecule has 0 fully saturated rings. The van der Waals surface area contributed by atoms with Gasteiger partial charge in [0.05, 0.1) is 16.4 Å². The molecule has 1 aromatic carbocycles. The number of aromatic nitrogens is 2. The first-order valence-electron chi connectivity index (χ1n) is 4.29. The molecule has 16 heavy (non-hydrogen) atoms. The van der Waals surface area contributed by atoms with Gasteiger partial charge in [0.2, 0.25) is 0 Å². The molecule has 0 saturated heterocycles. The maximum absolute atomic E-state index is 13.0. The fraction of sp³-hybridized carbons (Fsp3) is 0. The van der Waals surface area contributed by atoms with Crippen LogP contribution >= 0.6 is 31.9 Å². The molecule has 82 valence electrons. The van der Waals surface area contributed by atoms with Crippen molar-refractivity contribution in [3.63, 3.8) is 0 Å². The van der Waals surface area contributed by atoms with Crippen LogP contribution in [0.4, 0.5) is 4.39 Å². The molecule has 0 unspecified atom stereocenters. The average Bonchev–Trinajstić information content (AvgIpc) is 2.26. The van der Waals surface area contributed by atoms with E-state index in [1.165, 1.54) is 24.4 Å². The SMILES string of the molecule is O=c1c(Br)c(Br)cnn1-c1cccc(F)c1. The highest BCUT2D eigenvalue weighted by molar-refractivity contribution is 9.13. The molecule has 0 radical (unpaired) electrons. The summed E-state index contributed by atoms with van der Waals surface area (Å²) in [5.74, 6) is -0.412. The zero-order chi connectivity index (χ0) is 11.7. The molecule has 6 heteroatoms. The monoisotopic (exact) mass is 346 g/mol. The summed E-state index contributed by atoms with van der Waals surface area (Å²) in [6.07, 6.45) is 1.47. The number of rotatable bonds is 1. The lowest BCUT2D eigenvalue weighted by Gasteiger charge is -2.05. The highest BCUT2D eigenvalue weighted by Gasteiger charge is 2.08. The van der Waals surface area contributed by atoms with Crippen LogP contribution in [0, 0.1) is 5.82 Å². The molecule has 0 spiro atoms. The summed E-state index contributed by atoms with van der Waals surface area (Å²) in [5, 5.41) is 3.91. The van der Waals surface area contributed by atoms with Gasteiger partial charge < -0.3 is 0 Å². The van der Waals surface area contributed by atoms with Gasteiger partial charge in [-0.2, -0.15) is 9.78 Å². The molecule has 0 atom stereocenters. The Morgan fingerprint density at radius 3 is 2.75 bits per heavy atom. The van der Waals surface area contributed by atoms with E-state index in [4.69, 9.17) is 0 Å². The minimum atomic E-state index is -0.412. The van der Waals surface area contributed by atoms with E-state index in [-0.39, 0.29) is 5.56 Å². The Labute approximate surface area is 107 Å². The molecule has 0 aliphatic rings. The first-order valence-corrected chi connectivity index (χ1v) is 5.87. The molecule has 0 saturated carbocycles. The standard InChI is InChI=1S/C10H5Br2FN2O/c11-8-5-14-15(10(16)9(8)12)7-3-1-2-6(13)4-7/h1-5H. The summed E-state index contributed by atoms with van der Waals surface area (Å²) in [7, 11) is 0. The second kappa shape index (κ2) is 4.47. The van der Waals surface area contributed by atoms with Gasteiger partial charge in [0.15, 0.2) is 0 Å². The summed E-state index contributed by atoms with van der Waals surface area (Å²) < 4.78 is 15.0. The minimum Gasteiger partial charge on any atom is -0.266 e. The first kappa shape index (κ1) is 11.5. The van der Waals surface area contributed by atoms with E-state index in [1.54, 1.807) is 6.07 Å². The number of benzene rings is 1. The Kier molecular flexibility index (Phi) is 3.20. The summed E-state index contributed by atoms with van der Waals surface area (Å²) in [6, 6.07) is 5.68. The molecule has 0 aliphatic carbocycles. The average molecular weight is 348 g/mol. The number of halogens is 3. The number of nitrogens with zero attached hydrogens (tertiary/aromatic N) is 2. The van der Waals surface area contributed by atoms with Crippen LogP contribution in [0.2, 0.25) is 0 Å². The Hall–Kier alpha value is -1.01. The van der Waals surface area contributed by atoms with Crippen molar-refractivity contribution in [1.82, 2.24) is 9.78 Å². The zero-order valence-electron chi connectivity index (χ0n) is 7.82. The van der Waals surface area contributed by atoms with Gasteiger partial charge >= 0.3 is 0 Å². The molecule has 1 aromatic heterocycles. The molecule has 1 heterocycles. The van der Waals surface area contributed by atoms with Gasteiger partial charge in [-0.25, -0.2) is 4.39 Å². The van der Waals surface area contributed by atoms with E-state index < -0.39 is 5.82 Å². The molecule has 0 aliphatic heterocycles. The fourth-order valence-electron chi connectivity index (χ4n) is 1.20. The lowest BCUT2D eigenvalue weighted by Crippen LogP contribution is -2.21. The van der Waals surface area contributed by atoms with E-state index in [0.29, 0.717) is 14.6 Å². The molecular formula is C10H5Br2FN2O. The van der Waals surface area contributed by atoms with Crippen molar-refractivity contribution < 1.29 is 4.39 Å². The van der Waals surface area contributed by atoms with Gasteiger partial charge in [-0.15, -0.1) is 0 Å². The number of hydrogen-bond donors (Lipinski definition) is 0. The van der Waals surface area contributed by atoms with Crippen LogP contribution in [-0.2, 0) is 0 Å². The van der Waals surface area contributed by atoms with Gasteiger partial charge in [-0.1, -0.05) is 6.07 Å². The van der Waals surface area contributed by atoms with Gasteiger partial charge in [0, 0.05) is 0 Å². The Bertz CT molecular complexity index is 598. The molecule has 0 N–H and O–H groups in total. The second-order valence-electron chi connectivity index (χ2n) is 3.00. The lowest BCUT2D eigenvalue weighted by molar-refractivity contribution is 0.624. The van der Waals surface area contributed by atoms with E-state index in [2.05, 4.69) is 37.0 Å². The Morgan fingerprint density at radius 1 is 1.31 bits per heavy atom. The summed E-state index contributed by atoms with van der Waals surface area (Å²) in [4.78, 5) is 11.8. The molecule has 0 bridgehead atoms. The Morgan fingerprint density at radius 2 is 2.06 bits per heavy atom. The van der Waals surface area contributed by atoms with Crippen LogP contribution in [0.3, 0.4) is 0 Å². The van der Waals surface area contributed by atoms with Gasteiger partial charge in [-0.05, 0) is 50.1 Å². The van der Waals surface area contributed by atoms with Crippen LogP contribution < -0.4 is 5.56 Å². The first-order chi connectivity index (χ1) is 7.59. The topological polar surface area (TPSA) is 34.9 Å². The van der Waals surface area contributed by atoms with Gasteiger partial charge in [-0.3, -0.25) is 4.79 Å². The van der Waals surface area contributed by atoms with Crippen molar-refractivity contribution >= 4 is 31.9 Å². The van der Waals surface area contributed by atoms with Crippen LogP contribution in [0.25, 0.3) is 5.69 Å². The number of hydrogen-bond acceptors (Lipinski definition) is 2. The third kappa shape index (κ3) is 2.08. The van der Waals surface area contributed by atoms with E-state index in [0.717, 1.165) is 4.68 Å². The van der Waals surface area contributed by atoms with Crippen molar-refractivity contribution in [3.8, 4) is 5.69 Å². The van der Waals surface area contributed by atoms with Crippen LogP contribution in [-0.4, -0.2) is 9.78 Å². The maximum atomic E-state index is 13.0. The molecule has 2 rings (SSSR count). The van der Waals surface area contributed by atoms with E-state index in [9.17, 15) is 9.18 Å². The smallest absolute Gasteiger partial charge is 0.266 e. The molecule has 0 amide bonds. The predicted molar refractivity (Wildman–Crippen MR) is 65.2 cm³/mol. The molecular weight excluding hydrogens is 343 g/mol. The van der Waals surface area contributed by atoms with Crippen LogP contribution in [0.5, 0.6) is 0 Å². The van der Waals surface area contributed by atoms with Crippen molar-refractivity contribution in [2.75, 3.05) is 0 Å². The van der Waals surface area contributed by atoms with Crippen molar-refractivity contribution in [1.29, 1.82) is 0 Å². The largest absolute Gasteiger partial charge is 0.286 e. The minimum absolute atomic E-state index is 0.347. The molecule has 2 aromatic rings. The molecule has 3 nitrogen and oxygen atoms in total. The third-order valence-electron chi connectivity index (χ3n) is 1.93. The van der Waals surface area contributed by atoms with Crippen molar-refractivity contribution in [2.45, 2.75) is 0 Å². The highest BCUT2D eigenvalue weighted by Crippen LogP contribution is 2.17. The predicted octanol–water partition coefficient (Wildman–Crippen LogP) is 2.90. The van der Waals surface area contributed by atoms with Gasteiger partial charge in [0.25, 0.3) is 5.56 Å². The lowest BCUT2D eigenvalue weighted by atomic mass is 10.3. The third-order valence-corrected chi connectivity index (χ3v) is 3.83. The summed E-state index contributed by atoms with van der Waals surface area (Å²) >= 11 is 6.30. The van der Waals surface area contributed by atoms with Crippen molar-refractivity contribution in [3.05, 3.63) is 55.6 Å². The highest BCUT2D eigenvalue weighted by atomic mass is 79.9. The van der Waals surface area contributed by atoms with Crippen molar-refractivity contribution in [2.24, 2.45) is 0 Å². The maximum Gasteiger partial charge on any atom is 0.286 e. The van der Waals surface area contributed by atoms with Crippen LogP contribution in [0.1, 0.15) is 0 Å². The summed E-state index contributed by atoms with van der Waals surface area (Å²) in [6.45, 7) is 0. The van der Waals surface area contributed by atoms with E-state index >= 15 is 0 Å². The fourth-order valence-corrected chi connectivity index (χ4v) is 1.74. The second-order valence-corrected chi connectivity index (χ2v) is 4.65. The Balaban J connectivity index is 2.66. The van der Waals surface area contributed by atoms with Gasteiger partial charge in [0.1, 0.15) is 10.3 Å². The van der Waals surface area contributed by atoms with Crippen LogP contribution in [0.15, 0.2) is 44.2 Å². The summed E-state index contributed by atoms with van der Waals surface area (Å²) in [5.41, 5.74) is 0.0400. The zero-order valence-corrected chi connectivity index (χ0v) is 11.0.